The zero-order valence-electron chi connectivity index (χ0n) is 11.0. The topological polar surface area (TPSA) is 88.3 Å². The van der Waals surface area contributed by atoms with E-state index in [0.29, 0.717) is 12.2 Å². The Hall–Kier alpha value is -2.21. The summed E-state index contributed by atoms with van der Waals surface area (Å²) in [6.45, 7) is 0.637. The predicted octanol–water partition coefficient (Wildman–Crippen LogP) is -0.158. The molecule has 0 spiro atoms. The van der Waals surface area contributed by atoms with Gasteiger partial charge in [-0.25, -0.2) is 0 Å². The molecule has 0 saturated heterocycles. The van der Waals surface area contributed by atoms with Crippen LogP contribution in [0.4, 0.5) is 0 Å². The molecule has 1 atom stereocenters. The number of hydrogen-bond acceptors (Lipinski definition) is 4. The standard InChI is InChI=1S/C13H18N4O2/c1-17(2)9-5-7-11(18)16-12(13(14)19)10-6-3-4-8-15-10/h3-8,12H,9H2,1-2H3,(H2,14,19)(H,16,18)/b7-5+. The molecule has 1 heterocycles. The van der Waals surface area contributed by atoms with Crippen molar-refractivity contribution >= 4 is 11.8 Å². The molecule has 0 bridgehead atoms. The van der Waals surface area contributed by atoms with Crippen LogP contribution < -0.4 is 11.1 Å². The van der Waals surface area contributed by atoms with E-state index in [1.54, 1.807) is 30.5 Å². The van der Waals surface area contributed by atoms with Gasteiger partial charge in [0.15, 0.2) is 6.04 Å². The smallest absolute Gasteiger partial charge is 0.246 e. The third-order valence-electron chi connectivity index (χ3n) is 2.29. The number of carbonyl (C=O) groups is 2. The summed E-state index contributed by atoms with van der Waals surface area (Å²) >= 11 is 0. The Labute approximate surface area is 112 Å². The lowest BCUT2D eigenvalue weighted by molar-refractivity contribution is -0.125. The summed E-state index contributed by atoms with van der Waals surface area (Å²) in [4.78, 5) is 28.9. The Kier molecular flexibility index (Phi) is 5.69. The first-order chi connectivity index (χ1) is 9.00. The molecule has 1 aromatic rings. The van der Waals surface area contributed by atoms with Gasteiger partial charge < -0.3 is 16.0 Å². The summed E-state index contributed by atoms with van der Waals surface area (Å²) in [7, 11) is 3.78. The van der Waals surface area contributed by atoms with Gasteiger partial charge in [0.25, 0.3) is 0 Å². The van der Waals surface area contributed by atoms with Crippen LogP contribution in [0, 0.1) is 0 Å². The number of rotatable bonds is 6. The zero-order chi connectivity index (χ0) is 14.3. The minimum Gasteiger partial charge on any atom is -0.368 e. The van der Waals surface area contributed by atoms with E-state index in [9.17, 15) is 9.59 Å². The molecule has 1 aromatic heterocycles. The molecule has 1 unspecified atom stereocenters. The number of likely N-dealkylation sites (N-methyl/N-ethyl adjacent to an activating group) is 1. The number of nitrogens with two attached hydrogens (primary N) is 1. The number of amides is 2. The van der Waals surface area contributed by atoms with Crippen LogP contribution in [0.3, 0.4) is 0 Å². The van der Waals surface area contributed by atoms with Gasteiger partial charge in [0.1, 0.15) is 0 Å². The minimum atomic E-state index is -0.919. The average Bonchev–Trinajstić information content (AvgIpc) is 2.36. The van der Waals surface area contributed by atoms with E-state index in [2.05, 4.69) is 10.3 Å². The van der Waals surface area contributed by atoms with Crippen LogP contribution in [-0.2, 0) is 9.59 Å². The van der Waals surface area contributed by atoms with Crippen molar-refractivity contribution in [2.24, 2.45) is 5.73 Å². The number of nitrogens with zero attached hydrogens (tertiary/aromatic N) is 2. The molecule has 0 fully saturated rings. The van der Waals surface area contributed by atoms with Gasteiger partial charge in [0.2, 0.25) is 11.8 Å². The number of nitrogens with one attached hydrogen (secondary N) is 1. The minimum absolute atomic E-state index is 0.378. The molecular formula is C13H18N4O2. The Morgan fingerprint density at radius 2 is 2.21 bits per heavy atom. The third-order valence-corrected chi connectivity index (χ3v) is 2.29. The Bertz CT molecular complexity index is 457. The fourth-order valence-electron chi connectivity index (χ4n) is 1.40. The summed E-state index contributed by atoms with van der Waals surface area (Å²) in [5.74, 6) is -1.02. The van der Waals surface area contributed by atoms with Crippen LogP contribution in [0.15, 0.2) is 36.5 Å². The van der Waals surface area contributed by atoms with Gasteiger partial charge in [-0.15, -0.1) is 0 Å². The molecule has 0 aromatic carbocycles. The van der Waals surface area contributed by atoms with Crippen LogP contribution in [0.5, 0.6) is 0 Å². The number of hydrogen-bond donors (Lipinski definition) is 2. The van der Waals surface area contributed by atoms with Gasteiger partial charge in [0, 0.05) is 18.8 Å². The van der Waals surface area contributed by atoms with Gasteiger partial charge >= 0.3 is 0 Å². The van der Waals surface area contributed by atoms with Crippen molar-refractivity contribution in [3.63, 3.8) is 0 Å². The SMILES string of the molecule is CN(C)C/C=C/C(=O)NC(C(N)=O)c1ccccn1. The van der Waals surface area contributed by atoms with E-state index < -0.39 is 11.9 Å². The number of aromatic nitrogens is 1. The van der Waals surface area contributed by atoms with E-state index in [0.717, 1.165) is 0 Å². The molecule has 6 nitrogen and oxygen atoms in total. The van der Waals surface area contributed by atoms with Crippen molar-refractivity contribution in [3.05, 3.63) is 42.2 Å². The molecule has 6 heteroatoms. The maximum absolute atomic E-state index is 11.7. The van der Waals surface area contributed by atoms with Crippen molar-refractivity contribution in [1.29, 1.82) is 0 Å². The second-order valence-corrected chi connectivity index (χ2v) is 4.26. The van der Waals surface area contributed by atoms with E-state index in [1.165, 1.54) is 6.08 Å². The van der Waals surface area contributed by atoms with Crippen LogP contribution in [0.2, 0.25) is 0 Å². The number of carbonyl (C=O) groups excluding carboxylic acids is 2. The summed E-state index contributed by atoms with van der Waals surface area (Å²) < 4.78 is 0. The predicted molar refractivity (Wildman–Crippen MR) is 72.0 cm³/mol. The molecular weight excluding hydrogens is 244 g/mol. The first-order valence-electron chi connectivity index (χ1n) is 5.82. The number of primary amides is 1. The molecule has 0 aliphatic heterocycles. The lowest BCUT2D eigenvalue weighted by atomic mass is 10.1. The van der Waals surface area contributed by atoms with Crippen molar-refractivity contribution in [2.45, 2.75) is 6.04 Å². The highest BCUT2D eigenvalue weighted by molar-refractivity contribution is 5.92. The van der Waals surface area contributed by atoms with Gasteiger partial charge in [-0.3, -0.25) is 14.6 Å². The number of pyridine rings is 1. The Balaban J connectivity index is 2.68. The fourth-order valence-corrected chi connectivity index (χ4v) is 1.40. The van der Waals surface area contributed by atoms with Gasteiger partial charge in [0.05, 0.1) is 5.69 Å². The van der Waals surface area contributed by atoms with Gasteiger partial charge in [-0.1, -0.05) is 12.1 Å². The maximum atomic E-state index is 11.7. The molecule has 102 valence electrons. The van der Waals surface area contributed by atoms with Crippen LogP contribution >= 0.6 is 0 Å². The maximum Gasteiger partial charge on any atom is 0.246 e. The zero-order valence-corrected chi connectivity index (χ0v) is 11.0. The second kappa shape index (κ2) is 7.27. The molecule has 1 rings (SSSR count). The quantitative estimate of drug-likeness (QED) is 0.697. The van der Waals surface area contributed by atoms with Crippen molar-refractivity contribution < 1.29 is 9.59 Å². The third kappa shape index (κ3) is 5.31. The molecule has 19 heavy (non-hydrogen) atoms. The van der Waals surface area contributed by atoms with Gasteiger partial charge in [-0.2, -0.15) is 0 Å². The van der Waals surface area contributed by atoms with Crippen molar-refractivity contribution in [2.75, 3.05) is 20.6 Å². The summed E-state index contributed by atoms with van der Waals surface area (Å²) in [5, 5.41) is 2.53. The highest BCUT2D eigenvalue weighted by atomic mass is 16.2. The van der Waals surface area contributed by atoms with E-state index in [-0.39, 0.29) is 5.91 Å². The highest BCUT2D eigenvalue weighted by Gasteiger charge is 2.19. The second-order valence-electron chi connectivity index (χ2n) is 4.26. The van der Waals surface area contributed by atoms with Crippen LogP contribution in [0.25, 0.3) is 0 Å². The molecule has 0 aliphatic carbocycles. The summed E-state index contributed by atoms with van der Waals surface area (Å²) in [6.07, 6.45) is 4.62. The average molecular weight is 262 g/mol. The van der Waals surface area contributed by atoms with E-state index >= 15 is 0 Å². The van der Waals surface area contributed by atoms with Crippen molar-refractivity contribution in [1.82, 2.24) is 15.2 Å². The molecule has 0 saturated carbocycles. The largest absolute Gasteiger partial charge is 0.368 e. The van der Waals surface area contributed by atoms with Crippen LogP contribution in [-0.4, -0.2) is 42.3 Å². The normalized spacial score (nSPS) is 12.6. The molecule has 0 aliphatic rings. The molecule has 2 amide bonds. The molecule has 0 radical (unpaired) electrons. The van der Waals surface area contributed by atoms with Crippen LogP contribution in [0.1, 0.15) is 11.7 Å². The Morgan fingerprint density at radius 3 is 2.74 bits per heavy atom. The summed E-state index contributed by atoms with van der Waals surface area (Å²) in [6, 6.07) is 4.17. The summed E-state index contributed by atoms with van der Waals surface area (Å²) in [5.41, 5.74) is 5.69. The highest BCUT2D eigenvalue weighted by Crippen LogP contribution is 2.08. The monoisotopic (exact) mass is 262 g/mol. The first kappa shape index (κ1) is 14.8. The fraction of sp³-hybridized carbons (Fsp3) is 0.308. The van der Waals surface area contributed by atoms with E-state index in [1.807, 2.05) is 19.0 Å². The lowest BCUT2D eigenvalue weighted by Gasteiger charge is -2.13. The van der Waals surface area contributed by atoms with E-state index in [4.69, 9.17) is 5.73 Å². The first-order valence-corrected chi connectivity index (χ1v) is 5.82. The Morgan fingerprint density at radius 1 is 1.47 bits per heavy atom. The molecule has 3 N–H and O–H groups in total. The lowest BCUT2D eigenvalue weighted by Crippen LogP contribution is -2.37. The van der Waals surface area contributed by atoms with Gasteiger partial charge in [-0.05, 0) is 26.2 Å². The van der Waals surface area contributed by atoms with Crippen molar-refractivity contribution in [3.8, 4) is 0 Å².